The average molecular weight is 431 g/mol. The number of halogens is 1. The Morgan fingerprint density at radius 3 is 2.60 bits per heavy atom. The van der Waals surface area contributed by atoms with Gasteiger partial charge in [0.25, 0.3) is 5.91 Å². The summed E-state index contributed by atoms with van der Waals surface area (Å²) in [7, 11) is -3.71. The summed E-state index contributed by atoms with van der Waals surface area (Å²) >= 11 is 0. The van der Waals surface area contributed by atoms with Crippen LogP contribution in [0, 0.1) is 18.7 Å². The van der Waals surface area contributed by atoms with Crippen molar-refractivity contribution in [2.24, 2.45) is 5.92 Å². The molecule has 0 spiro atoms. The fraction of sp³-hybridized carbons (Fsp3) is 0.318. The smallest absolute Gasteiger partial charge is 0.289 e. The highest BCUT2D eigenvalue weighted by Crippen LogP contribution is 2.24. The van der Waals surface area contributed by atoms with Crippen LogP contribution in [0.2, 0.25) is 0 Å². The Morgan fingerprint density at radius 2 is 1.90 bits per heavy atom. The normalized spacial score (nSPS) is 15.6. The monoisotopic (exact) mass is 430 g/mol. The molecule has 30 heavy (non-hydrogen) atoms. The molecule has 1 aliphatic heterocycles. The molecule has 0 saturated carbocycles. The molecular formula is C22H23FN2O4S. The van der Waals surface area contributed by atoms with Crippen molar-refractivity contribution in [3.63, 3.8) is 0 Å². The van der Waals surface area contributed by atoms with E-state index in [0.717, 1.165) is 11.5 Å². The van der Waals surface area contributed by atoms with Gasteiger partial charge in [0.05, 0.1) is 4.90 Å². The van der Waals surface area contributed by atoms with Crippen molar-refractivity contribution in [1.82, 2.24) is 9.62 Å². The Morgan fingerprint density at radius 1 is 1.17 bits per heavy atom. The molecule has 1 aromatic heterocycles. The molecule has 3 aromatic rings. The maximum atomic E-state index is 13.2. The summed E-state index contributed by atoms with van der Waals surface area (Å²) in [6.07, 6.45) is 1.38. The number of aryl methyl sites for hydroxylation is 1. The minimum absolute atomic E-state index is 0.0846. The second-order valence-corrected chi connectivity index (χ2v) is 9.38. The number of sulfonamides is 1. The Labute approximate surface area is 174 Å². The van der Waals surface area contributed by atoms with Crippen molar-refractivity contribution in [1.29, 1.82) is 0 Å². The van der Waals surface area contributed by atoms with Crippen molar-refractivity contribution in [3.05, 3.63) is 65.7 Å². The van der Waals surface area contributed by atoms with Crippen LogP contribution >= 0.6 is 0 Å². The van der Waals surface area contributed by atoms with Gasteiger partial charge in [0.1, 0.15) is 11.4 Å². The molecule has 1 amide bonds. The SMILES string of the molecule is Cc1cc(F)ccc1S(=O)(=O)NCC1CCN(C(=O)c2cc3ccccc3o2)CC1. The number of hydrogen-bond donors (Lipinski definition) is 1. The van der Waals surface area contributed by atoms with E-state index in [0.29, 0.717) is 42.8 Å². The van der Waals surface area contributed by atoms with Crippen molar-refractivity contribution in [2.75, 3.05) is 19.6 Å². The van der Waals surface area contributed by atoms with Crippen molar-refractivity contribution in [3.8, 4) is 0 Å². The van der Waals surface area contributed by atoms with Gasteiger partial charge in [-0.1, -0.05) is 18.2 Å². The molecule has 0 unspecified atom stereocenters. The number of benzene rings is 2. The number of carbonyl (C=O) groups is 1. The lowest BCUT2D eigenvalue weighted by Gasteiger charge is -2.31. The van der Waals surface area contributed by atoms with Crippen molar-refractivity contribution in [2.45, 2.75) is 24.7 Å². The van der Waals surface area contributed by atoms with E-state index in [1.165, 1.54) is 12.1 Å². The highest BCUT2D eigenvalue weighted by molar-refractivity contribution is 7.89. The summed E-state index contributed by atoms with van der Waals surface area (Å²) in [5.41, 5.74) is 1.05. The van der Waals surface area contributed by atoms with E-state index in [2.05, 4.69) is 4.72 Å². The molecular weight excluding hydrogens is 407 g/mol. The number of nitrogens with zero attached hydrogens (tertiary/aromatic N) is 1. The predicted molar refractivity (Wildman–Crippen MR) is 111 cm³/mol. The number of hydrogen-bond acceptors (Lipinski definition) is 4. The average Bonchev–Trinajstić information content (AvgIpc) is 3.16. The number of amides is 1. The van der Waals surface area contributed by atoms with Crippen LogP contribution in [0.4, 0.5) is 4.39 Å². The van der Waals surface area contributed by atoms with Gasteiger partial charge in [-0.25, -0.2) is 17.5 Å². The lowest BCUT2D eigenvalue weighted by atomic mass is 9.97. The third-order valence-corrected chi connectivity index (χ3v) is 7.11. The molecule has 1 fully saturated rings. The fourth-order valence-electron chi connectivity index (χ4n) is 3.80. The summed E-state index contributed by atoms with van der Waals surface area (Å²) in [5, 5.41) is 0.890. The molecule has 4 rings (SSSR count). The van der Waals surface area contributed by atoms with Gasteiger partial charge in [0, 0.05) is 25.0 Å². The standard InChI is InChI=1S/C22H23FN2O4S/c1-15-12-18(23)6-7-21(15)30(27,28)24-14-16-8-10-25(11-9-16)22(26)20-13-17-4-2-3-5-19(17)29-20/h2-7,12-13,16,24H,8-11,14H2,1H3. The molecule has 6 nitrogen and oxygen atoms in total. The number of rotatable bonds is 5. The lowest BCUT2D eigenvalue weighted by molar-refractivity contribution is 0.0662. The van der Waals surface area contributed by atoms with Crippen LogP contribution in [0.5, 0.6) is 0 Å². The van der Waals surface area contributed by atoms with Gasteiger partial charge in [0.15, 0.2) is 5.76 Å². The van der Waals surface area contributed by atoms with Crippen LogP contribution in [0.15, 0.2) is 57.8 Å². The predicted octanol–water partition coefficient (Wildman–Crippen LogP) is 3.71. The number of carbonyl (C=O) groups excluding carboxylic acids is 1. The Hall–Kier alpha value is -2.71. The summed E-state index contributed by atoms with van der Waals surface area (Å²) in [6, 6.07) is 12.9. The highest BCUT2D eigenvalue weighted by atomic mass is 32.2. The zero-order chi connectivity index (χ0) is 21.3. The number of piperidine rings is 1. The van der Waals surface area contributed by atoms with E-state index in [1.54, 1.807) is 17.9 Å². The molecule has 158 valence electrons. The van der Waals surface area contributed by atoms with E-state index < -0.39 is 15.8 Å². The molecule has 1 saturated heterocycles. The number of furan rings is 1. The summed E-state index contributed by atoms with van der Waals surface area (Å²) < 4.78 is 46.6. The fourth-order valence-corrected chi connectivity index (χ4v) is 5.14. The van der Waals surface area contributed by atoms with Gasteiger partial charge < -0.3 is 9.32 Å². The molecule has 0 atom stereocenters. The maximum absolute atomic E-state index is 13.2. The Balaban J connectivity index is 1.33. The van der Waals surface area contributed by atoms with Gasteiger partial charge >= 0.3 is 0 Å². The molecule has 2 aromatic carbocycles. The minimum atomic E-state index is -3.71. The van der Waals surface area contributed by atoms with Crippen molar-refractivity contribution < 1.29 is 22.0 Å². The summed E-state index contributed by atoms with van der Waals surface area (Å²) in [6.45, 7) is 2.93. The summed E-state index contributed by atoms with van der Waals surface area (Å²) in [5.74, 6) is -0.164. The van der Waals surface area contributed by atoms with Gasteiger partial charge in [-0.3, -0.25) is 4.79 Å². The lowest BCUT2D eigenvalue weighted by Crippen LogP contribution is -2.41. The summed E-state index contributed by atoms with van der Waals surface area (Å²) in [4.78, 5) is 14.6. The maximum Gasteiger partial charge on any atom is 0.289 e. The largest absolute Gasteiger partial charge is 0.451 e. The first-order valence-corrected chi connectivity index (χ1v) is 11.4. The highest BCUT2D eigenvalue weighted by Gasteiger charge is 2.27. The second-order valence-electron chi connectivity index (χ2n) is 7.65. The van der Waals surface area contributed by atoms with Crippen LogP contribution in [0.3, 0.4) is 0 Å². The molecule has 2 heterocycles. The van der Waals surface area contributed by atoms with Gasteiger partial charge in [-0.05, 0) is 61.6 Å². The minimum Gasteiger partial charge on any atom is -0.451 e. The zero-order valence-electron chi connectivity index (χ0n) is 16.6. The molecule has 0 bridgehead atoms. The van der Waals surface area contributed by atoms with E-state index in [9.17, 15) is 17.6 Å². The zero-order valence-corrected chi connectivity index (χ0v) is 17.4. The second kappa shape index (κ2) is 8.20. The van der Waals surface area contributed by atoms with E-state index >= 15 is 0 Å². The molecule has 0 radical (unpaired) electrons. The number of nitrogens with one attached hydrogen (secondary N) is 1. The van der Waals surface area contributed by atoms with Crippen LogP contribution in [-0.2, 0) is 10.0 Å². The van der Waals surface area contributed by atoms with E-state index in [1.807, 2.05) is 24.3 Å². The number of para-hydroxylation sites is 1. The number of likely N-dealkylation sites (tertiary alicyclic amines) is 1. The van der Waals surface area contributed by atoms with Gasteiger partial charge in [-0.2, -0.15) is 0 Å². The Bertz CT molecular complexity index is 1150. The first kappa shape index (κ1) is 20.6. The topological polar surface area (TPSA) is 79.6 Å². The van der Waals surface area contributed by atoms with Crippen molar-refractivity contribution >= 4 is 26.9 Å². The van der Waals surface area contributed by atoms with Crippen LogP contribution in [-0.4, -0.2) is 38.9 Å². The van der Waals surface area contributed by atoms with Crippen LogP contribution in [0.1, 0.15) is 29.0 Å². The van der Waals surface area contributed by atoms with Crippen LogP contribution in [0.25, 0.3) is 11.0 Å². The first-order valence-electron chi connectivity index (χ1n) is 9.87. The van der Waals surface area contributed by atoms with Gasteiger partial charge in [-0.15, -0.1) is 0 Å². The third-order valence-electron chi connectivity index (χ3n) is 5.53. The van der Waals surface area contributed by atoms with Crippen LogP contribution < -0.4 is 4.72 Å². The van der Waals surface area contributed by atoms with E-state index in [-0.39, 0.29) is 23.3 Å². The quantitative estimate of drug-likeness (QED) is 0.669. The molecule has 1 aliphatic rings. The Kier molecular flexibility index (Phi) is 5.62. The number of fused-ring (bicyclic) bond motifs is 1. The molecule has 8 heteroatoms. The third kappa shape index (κ3) is 4.24. The van der Waals surface area contributed by atoms with Gasteiger partial charge in [0.2, 0.25) is 10.0 Å². The van der Waals surface area contributed by atoms with E-state index in [4.69, 9.17) is 4.42 Å². The molecule has 1 N–H and O–H groups in total. The molecule has 0 aliphatic carbocycles. The first-order chi connectivity index (χ1) is 14.3.